The van der Waals surface area contributed by atoms with Gasteiger partial charge in [-0.2, -0.15) is 5.10 Å². The van der Waals surface area contributed by atoms with Crippen LogP contribution in [0, 0.1) is 0 Å². The highest BCUT2D eigenvalue weighted by atomic mass is 16.2. The highest BCUT2D eigenvalue weighted by molar-refractivity contribution is 6.06. The van der Waals surface area contributed by atoms with Gasteiger partial charge in [-0.1, -0.05) is 0 Å². The number of carbonyl (C=O) groups excluding carboxylic acids is 3. The molecule has 1 aliphatic rings. The van der Waals surface area contributed by atoms with Crippen molar-refractivity contribution in [1.82, 2.24) is 19.9 Å². The van der Waals surface area contributed by atoms with Crippen LogP contribution < -0.4 is 10.2 Å². The van der Waals surface area contributed by atoms with Crippen LogP contribution in [0.1, 0.15) is 16.8 Å². The fourth-order valence-corrected chi connectivity index (χ4v) is 1.98. The third kappa shape index (κ3) is 1.82. The van der Waals surface area contributed by atoms with E-state index >= 15 is 0 Å². The predicted molar refractivity (Wildman–Crippen MR) is 63.9 cm³/mol. The van der Waals surface area contributed by atoms with Crippen molar-refractivity contribution in [2.24, 2.45) is 0 Å². The molecule has 0 aromatic carbocycles. The minimum absolute atomic E-state index is 0.220. The Kier molecular flexibility index (Phi) is 2.48. The molecule has 1 saturated heterocycles. The van der Waals surface area contributed by atoms with Gasteiger partial charge in [0.15, 0.2) is 11.9 Å². The monoisotopic (exact) mass is 259 g/mol. The number of anilines is 1. The Morgan fingerprint density at radius 3 is 2.95 bits per heavy atom. The van der Waals surface area contributed by atoms with Crippen molar-refractivity contribution in [2.75, 3.05) is 11.4 Å². The number of nitrogens with one attached hydrogen (secondary N) is 1. The molecule has 2 aromatic heterocycles. The highest BCUT2D eigenvalue weighted by Crippen LogP contribution is 2.20. The van der Waals surface area contributed by atoms with E-state index in [-0.39, 0.29) is 18.9 Å². The number of urea groups is 1. The van der Waals surface area contributed by atoms with Crippen molar-refractivity contribution in [3.63, 3.8) is 0 Å². The topological polar surface area (TPSA) is 96.7 Å². The molecule has 8 heteroatoms. The number of carbonyl (C=O) groups is 3. The minimum Gasteiger partial charge on any atom is -0.298 e. The standard InChI is InChI=1S/C11H9N5O3/c17-5-7-3-8(4-16-10(7)12-6-13-16)15-2-1-9(18)14-11(15)19/h3-6H,1-2H2,(H,14,18,19). The number of fused-ring (bicyclic) bond motifs is 1. The molecule has 0 radical (unpaired) electrons. The van der Waals surface area contributed by atoms with Crippen molar-refractivity contribution >= 4 is 29.6 Å². The van der Waals surface area contributed by atoms with Crippen molar-refractivity contribution < 1.29 is 14.4 Å². The number of aromatic nitrogens is 3. The summed E-state index contributed by atoms with van der Waals surface area (Å²) in [7, 11) is 0. The van der Waals surface area contributed by atoms with Gasteiger partial charge in [0.25, 0.3) is 0 Å². The van der Waals surface area contributed by atoms with Crippen molar-refractivity contribution in [1.29, 1.82) is 0 Å². The van der Waals surface area contributed by atoms with Crippen LogP contribution in [-0.4, -0.2) is 39.4 Å². The van der Waals surface area contributed by atoms with Crippen LogP contribution >= 0.6 is 0 Å². The highest BCUT2D eigenvalue weighted by Gasteiger charge is 2.25. The Hall–Kier alpha value is -2.77. The first kappa shape index (κ1) is 11.3. The van der Waals surface area contributed by atoms with E-state index in [1.54, 1.807) is 12.3 Å². The van der Waals surface area contributed by atoms with Gasteiger partial charge in [0.05, 0.1) is 17.4 Å². The third-order valence-electron chi connectivity index (χ3n) is 2.88. The van der Waals surface area contributed by atoms with Gasteiger partial charge in [-0.3, -0.25) is 19.8 Å². The summed E-state index contributed by atoms with van der Waals surface area (Å²) < 4.78 is 1.42. The maximum absolute atomic E-state index is 11.7. The lowest BCUT2D eigenvalue weighted by atomic mass is 10.2. The van der Waals surface area contributed by atoms with Crippen LogP contribution in [0.3, 0.4) is 0 Å². The van der Waals surface area contributed by atoms with E-state index < -0.39 is 6.03 Å². The van der Waals surface area contributed by atoms with Gasteiger partial charge in [-0.25, -0.2) is 14.3 Å². The Morgan fingerprint density at radius 1 is 1.37 bits per heavy atom. The number of pyridine rings is 1. The van der Waals surface area contributed by atoms with Gasteiger partial charge in [0.1, 0.15) is 6.33 Å². The number of hydrogen-bond acceptors (Lipinski definition) is 5. The average molecular weight is 259 g/mol. The zero-order valence-electron chi connectivity index (χ0n) is 9.74. The second-order valence-electron chi connectivity index (χ2n) is 4.05. The summed E-state index contributed by atoms with van der Waals surface area (Å²) in [5.41, 5.74) is 1.25. The number of nitrogens with zero attached hydrogens (tertiary/aromatic N) is 4. The molecule has 0 bridgehead atoms. The van der Waals surface area contributed by atoms with Gasteiger partial charge in [0.2, 0.25) is 5.91 Å². The van der Waals surface area contributed by atoms with Crippen LogP contribution in [0.2, 0.25) is 0 Å². The first-order valence-electron chi connectivity index (χ1n) is 5.59. The van der Waals surface area contributed by atoms with Gasteiger partial charge >= 0.3 is 6.03 Å². The fraction of sp³-hybridized carbons (Fsp3) is 0.182. The third-order valence-corrected chi connectivity index (χ3v) is 2.88. The molecule has 0 spiro atoms. The second-order valence-corrected chi connectivity index (χ2v) is 4.05. The lowest BCUT2D eigenvalue weighted by Crippen LogP contribution is -2.49. The molecule has 0 aliphatic carbocycles. The Morgan fingerprint density at radius 2 is 2.21 bits per heavy atom. The molecule has 3 rings (SSSR count). The fourth-order valence-electron chi connectivity index (χ4n) is 1.98. The van der Waals surface area contributed by atoms with Crippen LogP contribution in [0.25, 0.3) is 5.65 Å². The molecule has 0 saturated carbocycles. The maximum atomic E-state index is 11.7. The first-order chi connectivity index (χ1) is 9.19. The SMILES string of the molecule is O=Cc1cc(N2CCC(=O)NC2=O)cn2ncnc12. The predicted octanol–water partition coefficient (Wildman–Crippen LogP) is -0.0119. The zero-order valence-corrected chi connectivity index (χ0v) is 9.74. The number of hydrogen-bond donors (Lipinski definition) is 1. The van der Waals surface area contributed by atoms with Gasteiger partial charge < -0.3 is 0 Å². The van der Waals surface area contributed by atoms with E-state index in [4.69, 9.17) is 0 Å². The normalized spacial score (nSPS) is 15.7. The van der Waals surface area contributed by atoms with E-state index in [0.717, 1.165) is 0 Å². The lowest BCUT2D eigenvalue weighted by Gasteiger charge is -2.26. The summed E-state index contributed by atoms with van der Waals surface area (Å²) in [6.45, 7) is 0.267. The molecule has 19 heavy (non-hydrogen) atoms. The van der Waals surface area contributed by atoms with E-state index in [1.807, 2.05) is 0 Å². The number of aldehydes is 1. The Bertz CT molecular complexity index is 693. The number of amides is 3. The molecule has 1 N–H and O–H groups in total. The molecule has 3 amide bonds. The molecule has 2 aromatic rings. The van der Waals surface area contributed by atoms with Crippen molar-refractivity contribution in [3.05, 3.63) is 24.2 Å². The summed E-state index contributed by atoms with van der Waals surface area (Å²) in [6.07, 6.45) is 3.79. The second kappa shape index (κ2) is 4.16. The van der Waals surface area contributed by atoms with Crippen LogP contribution in [0.4, 0.5) is 10.5 Å². The van der Waals surface area contributed by atoms with Crippen LogP contribution in [0.5, 0.6) is 0 Å². The van der Waals surface area contributed by atoms with E-state index in [1.165, 1.54) is 15.7 Å². The van der Waals surface area contributed by atoms with Crippen molar-refractivity contribution in [3.8, 4) is 0 Å². The van der Waals surface area contributed by atoms with Gasteiger partial charge in [-0.15, -0.1) is 0 Å². The van der Waals surface area contributed by atoms with E-state index in [0.29, 0.717) is 23.2 Å². The minimum atomic E-state index is -0.507. The molecular weight excluding hydrogens is 250 g/mol. The first-order valence-corrected chi connectivity index (χ1v) is 5.59. The van der Waals surface area contributed by atoms with Crippen LogP contribution in [-0.2, 0) is 4.79 Å². The molecule has 0 unspecified atom stereocenters. The summed E-state index contributed by atoms with van der Waals surface area (Å²) >= 11 is 0. The molecule has 0 atom stereocenters. The average Bonchev–Trinajstić information content (AvgIpc) is 2.85. The van der Waals surface area contributed by atoms with Gasteiger partial charge in [0, 0.05) is 13.0 Å². The summed E-state index contributed by atoms with van der Waals surface area (Å²) in [6, 6.07) is 1.04. The smallest absolute Gasteiger partial charge is 0.298 e. The Labute approximate surface area is 107 Å². The molecular formula is C11H9N5O3. The number of rotatable bonds is 2. The Balaban J connectivity index is 2.07. The zero-order chi connectivity index (χ0) is 13.4. The summed E-state index contributed by atoms with van der Waals surface area (Å²) in [5, 5.41) is 6.17. The quantitative estimate of drug-likeness (QED) is 0.765. The van der Waals surface area contributed by atoms with Crippen molar-refractivity contribution in [2.45, 2.75) is 6.42 Å². The largest absolute Gasteiger partial charge is 0.328 e. The lowest BCUT2D eigenvalue weighted by molar-refractivity contribution is -0.120. The molecule has 1 fully saturated rings. The summed E-state index contributed by atoms with van der Waals surface area (Å²) in [4.78, 5) is 39.2. The van der Waals surface area contributed by atoms with Gasteiger partial charge in [-0.05, 0) is 6.07 Å². The van der Waals surface area contributed by atoms with E-state index in [9.17, 15) is 14.4 Å². The van der Waals surface area contributed by atoms with E-state index in [2.05, 4.69) is 15.4 Å². The number of imide groups is 1. The van der Waals surface area contributed by atoms with Crippen LogP contribution in [0.15, 0.2) is 18.6 Å². The summed E-state index contributed by atoms with van der Waals surface area (Å²) in [5.74, 6) is -0.307. The molecule has 96 valence electrons. The maximum Gasteiger partial charge on any atom is 0.328 e. The molecule has 3 heterocycles. The molecule has 8 nitrogen and oxygen atoms in total. The molecule has 1 aliphatic heterocycles.